The molecule has 0 atom stereocenters. The van der Waals surface area contributed by atoms with Crippen molar-refractivity contribution in [1.29, 1.82) is 0 Å². The molecular formula is C29H36CoN3O3. The van der Waals surface area contributed by atoms with Gasteiger partial charge in [0.2, 0.25) is 0 Å². The van der Waals surface area contributed by atoms with Crippen molar-refractivity contribution in [3.63, 3.8) is 0 Å². The van der Waals surface area contributed by atoms with Crippen LogP contribution in [0.25, 0.3) is 11.4 Å². The summed E-state index contributed by atoms with van der Waals surface area (Å²) in [5.41, 5.74) is 13.8. The maximum absolute atomic E-state index is 7.50. The van der Waals surface area contributed by atoms with Gasteiger partial charge in [-0.05, 0) is 45.9 Å². The molecule has 2 radical (unpaired) electrons. The van der Waals surface area contributed by atoms with E-state index in [1.807, 2.05) is 0 Å². The number of hydrogen-bond donors (Lipinski definition) is 0. The molecule has 0 unspecified atom stereocenters. The minimum atomic E-state index is 0. The van der Waals surface area contributed by atoms with Crippen LogP contribution in [-0.2, 0) is 26.1 Å². The van der Waals surface area contributed by atoms with E-state index in [9.17, 15) is 0 Å². The molecule has 0 bridgehead atoms. The molecule has 0 saturated heterocycles. The van der Waals surface area contributed by atoms with Crippen LogP contribution in [0.3, 0.4) is 0 Å². The second kappa shape index (κ2) is 17.6. The smallest absolute Gasteiger partial charge is 0.120 e. The Hall–Kier alpha value is -2.76. The van der Waals surface area contributed by atoms with E-state index in [-0.39, 0.29) is 16.8 Å². The largest absolute Gasteiger partial charge is 0.120 e. The molecule has 0 aliphatic heterocycles. The van der Waals surface area contributed by atoms with Gasteiger partial charge >= 0.3 is 22.6 Å². The first kappa shape index (κ1) is 35.4. The summed E-state index contributed by atoms with van der Waals surface area (Å²) in [6.07, 6.45) is 7.98. The number of nitrogens with zero attached hydrogens (tertiary/aromatic N) is 3. The van der Waals surface area contributed by atoms with E-state index in [0.717, 1.165) is 0 Å². The van der Waals surface area contributed by atoms with Crippen molar-refractivity contribution < 1.29 is 30.7 Å². The summed E-state index contributed by atoms with van der Waals surface area (Å²) in [7, 11) is 0. The van der Waals surface area contributed by atoms with Gasteiger partial charge in [0.25, 0.3) is 6.33 Å². The molecule has 0 N–H and O–H groups in total. The molecule has 0 aliphatic carbocycles. The zero-order valence-corrected chi connectivity index (χ0v) is 23.4. The van der Waals surface area contributed by atoms with Gasteiger partial charge in [-0.1, -0.05) is 91.8 Å². The van der Waals surface area contributed by atoms with Crippen LogP contribution in [-0.4, -0.2) is 4.57 Å². The summed E-state index contributed by atoms with van der Waals surface area (Å²) in [4.78, 5) is 7.25. The van der Waals surface area contributed by atoms with E-state index in [1.54, 1.807) is 0 Å². The van der Waals surface area contributed by atoms with Gasteiger partial charge in [-0.15, -0.1) is 4.91 Å². The summed E-state index contributed by atoms with van der Waals surface area (Å²) in [5, 5.41) is 0. The Bertz CT molecular complexity index is 963. The van der Waals surface area contributed by atoms with Crippen molar-refractivity contribution in [3.8, 4) is 11.4 Å². The van der Waals surface area contributed by atoms with E-state index in [4.69, 9.17) is 19.8 Å². The molecular weight excluding hydrogens is 497 g/mol. The third kappa shape index (κ3) is 8.42. The molecule has 0 amide bonds. The zero-order valence-electron chi connectivity index (χ0n) is 22.3. The Morgan fingerprint density at radius 2 is 1.06 bits per heavy atom. The van der Waals surface area contributed by atoms with Crippen molar-refractivity contribution in [2.24, 2.45) is 0 Å². The van der Waals surface area contributed by atoms with Crippen LogP contribution in [0.5, 0.6) is 0 Å². The van der Waals surface area contributed by atoms with Gasteiger partial charge < -0.3 is 0 Å². The Morgan fingerprint density at radius 1 is 0.722 bits per heavy atom. The fraction of sp³-hybridized carbons (Fsp3) is 0.414. The van der Waals surface area contributed by atoms with E-state index >= 15 is 0 Å². The molecule has 1 heterocycles. The van der Waals surface area contributed by atoms with Gasteiger partial charge in [-0.25, -0.2) is 0 Å². The fourth-order valence-corrected chi connectivity index (χ4v) is 4.14. The van der Waals surface area contributed by atoms with Crippen molar-refractivity contribution in [2.75, 3.05) is 0 Å². The maximum Gasteiger partial charge on any atom is 0.120 e. The van der Waals surface area contributed by atoms with E-state index in [0.29, 0.717) is 23.7 Å². The molecule has 3 aromatic rings. The Kier molecular flexibility index (Phi) is 17.3. The van der Waals surface area contributed by atoms with Crippen molar-refractivity contribution in [1.82, 2.24) is 10.2 Å². The van der Waals surface area contributed by atoms with Crippen molar-refractivity contribution >= 4 is 0 Å². The van der Waals surface area contributed by atoms with Crippen LogP contribution in [0.2, 0.25) is 0 Å². The average molecular weight is 534 g/mol. The first-order chi connectivity index (χ1) is 16.7. The minimum Gasteiger partial charge on any atom is -0.120 e. The standard InChI is InChI=1S/C27H36N2.2CO.Co.NO/c1-18(2)22-11-9-12-23(19(3)4)26(22)28-15-16-29(17-28)27-24(20(5)6)13-10-14-25(27)21(7)8;2*1-2;;1-2/h9-16,18-21H,1-8H3;;;;. The van der Waals surface area contributed by atoms with Gasteiger partial charge in [-0.2, -0.15) is 0 Å². The van der Waals surface area contributed by atoms with Crippen LogP contribution in [0, 0.1) is 24.5 Å². The number of rotatable bonds is 6. The van der Waals surface area contributed by atoms with Crippen LogP contribution in [0.15, 0.2) is 48.8 Å². The summed E-state index contributed by atoms with van der Waals surface area (Å²) < 4.78 is 19.4. The second-order valence-electron chi connectivity index (χ2n) is 9.33. The molecule has 7 heteroatoms. The van der Waals surface area contributed by atoms with Crippen LogP contribution in [0.4, 0.5) is 0 Å². The number of benzene rings is 2. The Labute approximate surface area is 226 Å². The predicted octanol–water partition coefficient (Wildman–Crippen LogP) is 6.52. The first-order valence-electron chi connectivity index (χ1n) is 11.6. The van der Waals surface area contributed by atoms with Crippen LogP contribution >= 0.6 is 0 Å². The Balaban J connectivity index is 0. The van der Waals surface area contributed by atoms with Gasteiger partial charge in [-0.3, -0.25) is 9.13 Å². The fourth-order valence-electron chi connectivity index (χ4n) is 4.14. The van der Waals surface area contributed by atoms with Gasteiger partial charge in [0.05, 0.1) is 11.4 Å². The van der Waals surface area contributed by atoms with Crippen molar-refractivity contribution in [3.05, 3.63) is 95.6 Å². The summed E-state index contributed by atoms with van der Waals surface area (Å²) in [6, 6.07) is 13.4. The summed E-state index contributed by atoms with van der Waals surface area (Å²) >= 11 is 0. The third-order valence-electron chi connectivity index (χ3n) is 5.75. The minimum absolute atomic E-state index is 0. The first-order valence-corrected chi connectivity index (χ1v) is 11.6. The van der Waals surface area contributed by atoms with Gasteiger partial charge in [0, 0.05) is 29.2 Å². The molecule has 1 aromatic heterocycles. The molecule has 0 spiro atoms. The third-order valence-corrected chi connectivity index (χ3v) is 5.75. The van der Waals surface area contributed by atoms with Crippen LogP contribution in [0.1, 0.15) is 101 Å². The van der Waals surface area contributed by atoms with Crippen LogP contribution < -0.4 is 10.2 Å². The van der Waals surface area contributed by atoms with Gasteiger partial charge in [0.15, 0.2) is 0 Å². The number of imidazole rings is 1. The molecule has 194 valence electrons. The van der Waals surface area contributed by atoms with Gasteiger partial charge in [0.1, 0.15) is 5.59 Å². The molecule has 0 saturated carbocycles. The average Bonchev–Trinajstić information content (AvgIpc) is 3.36. The molecule has 6 nitrogen and oxygen atoms in total. The SMILES string of the molecule is CC(C)c1cccc(C(C)C)c1-n1[c-][n+](-c2c(C(C)C)cccc2C(C)C)cc1.[C-]#[O+].[C-]#[O+].[Co].[N]=O. The molecule has 2 aromatic carbocycles. The molecule has 3 rings (SSSR count). The second-order valence-corrected chi connectivity index (χ2v) is 9.33. The monoisotopic (exact) mass is 533 g/mol. The zero-order chi connectivity index (χ0) is 27.3. The number of aromatic nitrogens is 2. The number of para-hydroxylation sites is 2. The number of nitroso groups, excluding NO2 is 1. The summed E-state index contributed by atoms with van der Waals surface area (Å²) in [5.74, 6) is 1.84. The normalized spacial score (nSPS) is 9.89. The maximum atomic E-state index is 7.50. The molecule has 36 heavy (non-hydrogen) atoms. The number of hydrogen-bond acceptors (Lipinski definition) is 1. The van der Waals surface area contributed by atoms with E-state index < -0.39 is 0 Å². The predicted molar refractivity (Wildman–Crippen MR) is 136 cm³/mol. The Morgan fingerprint density at radius 3 is 1.39 bits per heavy atom. The van der Waals surface area contributed by atoms with Crippen molar-refractivity contribution in [2.45, 2.75) is 79.1 Å². The van der Waals surface area contributed by atoms with E-state index in [1.165, 1.54) is 33.6 Å². The molecule has 0 aliphatic rings. The van der Waals surface area contributed by atoms with E-state index in [2.05, 4.69) is 133 Å². The molecule has 0 fully saturated rings. The summed E-state index contributed by atoms with van der Waals surface area (Å²) in [6.45, 7) is 27.2. The topological polar surface area (TPSA) is 88.0 Å². The quantitative estimate of drug-likeness (QED) is 0.201.